The number of carbonyl (C=O) groups excluding carboxylic acids is 3. The lowest BCUT2D eigenvalue weighted by molar-refractivity contribution is -0.158. The summed E-state index contributed by atoms with van der Waals surface area (Å²) in [6.45, 7) is 8.18. The number of aromatic nitrogens is 2. The third kappa shape index (κ3) is 6.07. The molecule has 6 atom stereocenters. The van der Waals surface area contributed by atoms with Crippen LogP contribution < -0.4 is 14.8 Å². The van der Waals surface area contributed by atoms with Gasteiger partial charge < -0.3 is 29.2 Å². The molecule has 2 saturated heterocycles. The van der Waals surface area contributed by atoms with Crippen molar-refractivity contribution in [3.8, 4) is 11.6 Å². The number of alkyl carbamates (subject to hydrolysis) is 1. The molecule has 2 amide bonds. The standard InChI is InChI=1S/C34H46N4O7/c1-20-27-17-38(28(20)21(2)39)31(40)29(33(3)18-43-19-33)37-32(41)45-34(4)15-9-11-22(34)10-7-6-8-12-25-30(44-27)36-26-16-23(42-5)13-14-24(26)35-25/h13-14,16,20,22,27-29H,6-12,15,17-19H2,1-5H3,(H,37,41)/t20-,22-,27+,28+,29-,34-/m1/s1. The Labute approximate surface area is 264 Å². The van der Waals surface area contributed by atoms with Crippen LogP contribution >= 0.6 is 0 Å². The molecule has 11 heteroatoms. The van der Waals surface area contributed by atoms with Crippen LogP contribution in [-0.2, 0) is 25.5 Å². The van der Waals surface area contributed by atoms with Crippen molar-refractivity contribution in [1.82, 2.24) is 20.2 Å². The lowest BCUT2D eigenvalue weighted by atomic mass is 9.79. The maximum atomic E-state index is 14.4. The molecule has 45 heavy (non-hydrogen) atoms. The van der Waals surface area contributed by atoms with Crippen LogP contribution in [0.15, 0.2) is 18.2 Å². The SMILES string of the molecule is COc1ccc2nc3c(nc2c1)O[C@H]1CN(C(=O)[C@H](C2(C)COC2)NC(=O)O[C@]2(C)CCC[C@H]2CCCCC3)[C@H](C(C)=O)[C@@H]1C. The molecule has 1 N–H and O–H groups in total. The van der Waals surface area contributed by atoms with Gasteiger partial charge in [-0.2, -0.15) is 0 Å². The Morgan fingerprint density at radius 3 is 2.56 bits per heavy atom. The van der Waals surface area contributed by atoms with Gasteiger partial charge in [-0.3, -0.25) is 9.59 Å². The molecular weight excluding hydrogens is 576 g/mol. The van der Waals surface area contributed by atoms with Gasteiger partial charge in [0.05, 0.1) is 43.9 Å². The lowest BCUT2D eigenvalue weighted by Crippen LogP contribution is -2.64. The lowest BCUT2D eigenvalue weighted by Gasteiger charge is -2.45. The number of hydrogen-bond acceptors (Lipinski definition) is 9. The number of nitrogens with one attached hydrogen (secondary N) is 1. The van der Waals surface area contributed by atoms with Crippen LogP contribution in [0.2, 0.25) is 0 Å². The monoisotopic (exact) mass is 622 g/mol. The molecule has 0 unspecified atom stereocenters. The van der Waals surface area contributed by atoms with Gasteiger partial charge in [0, 0.05) is 17.4 Å². The fraction of sp³-hybridized carbons (Fsp3) is 0.676. The van der Waals surface area contributed by atoms with Gasteiger partial charge in [-0.25, -0.2) is 14.8 Å². The maximum Gasteiger partial charge on any atom is 0.408 e. The van der Waals surface area contributed by atoms with Gasteiger partial charge >= 0.3 is 6.09 Å². The molecule has 2 aromatic rings. The maximum absolute atomic E-state index is 14.4. The van der Waals surface area contributed by atoms with Gasteiger partial charge in [0.15, 0.2) is 5.78 Å². The molecule has 1 aromatic heterocycles. The third-order valence-corrected chi connectivity index (χ3v) is 10.6. The highest BCUT2D eigenvalue weighted by atomic mass is 16.6. The van der Waals surface area contributed by atoms with E-state index in [2.05, 4.69) is 5.32 Å². The minimum atomic E-state index is -0.919. The van der Waals surface area contributed by atoms with Crippen LogP contribution in [0.3, 0.4) is 0 Å². The summed E-state index contributed by atoms with van der Waals surface area (Å²) in [5, 5.41) is 2.94. The second-order valence-corrected chi connectivity index (χ2v) is 14.0. The summed E-state index contributed by atoms with van der Waals surface area (Å²) >= 11 is 0. The van der Waals surface area contributed by atoms with E-state index in [0.29, 0.717) is 36.8 Å². The predicted octanol–water partition coefficient (Wildman–Crippen LogP) is 4.63. The van der Waals surface area contributed by atoms with Crippen molar-refractivity contribution < 1.29 is 33.3 Å². The molecule has 3 fully saturated rings. The molecule has 4 heterocycles. The van der Waals surface area contributed by atoms with Crippen LogP contribution in [0.1, 0.15) is 78.3 Å². The number of hydrogen-bond donors (Lipinski definition) is 1. The summed E-state index contributed by atoms with van der Waals surface area (Å²) in [6, 6.07) is 3.96. The number of Topliss-reactive ketones (excluding diaryl/α,β-unsaturated/α-hetero) is 1. The fourth-order valence-corrected chi connectivity index (χ4v) is 7.81. The highest BCUT2D eigenvalue weighted by molar-refractivity contribution is 5.93. The Hall–Kier alpha value is -3.47. The number of aryl methyl sites for hydroxylation is 1. The number of amides is 2. The van der Waals surface area contributed by atoms with E-state index in [4.69, 9.17) is 28.9 Å². The highest BCUT2D eigenvalue weighted by Crippen LogP contribution is 2.42. The first-order chi connectivity index (χ1) is 21.5. The minimum absolute atomic E-state index is 0.139. The molecule has 1 aromatic carbocycles. The van der Waals surface area contributed by atoms with E-state index in [1.54, 1.807) is 12.0 Å². The van der Waals surface area contributed by atoms with Gasteiger partial charge in [0.25, 0.3) is 0 Å². The smallest absolute Gasteiger partial charge is 0.408 e. The third-order valence-electron chi connectivity index (χ3n) is 10.6. The Morgan fingerprint density at radius 2 is 1.84 bits per heavy atom. The van der Waals surface area contributed by atoms with E-state index in [0.717, 1.165) is 56.2 Å². The molecule has 1 aliphatic carbocycles. The Balaban J connectivity index is 1.38. The van der Waals surface area contributed by atoms with E-state index in [-0.39, 0.29) is 30.1 Å². The Bertz CT molecular complexity index is 1460. The number of methoxy groups -OCH3 is 1. The zero-order valence-electron chi connectivity index (χ0n) is 27.1. The molecule has 1 saturated carbocycles. The predicted molar refractivity (Wildman–Crippen MR) is 166 cm³/mol. The number of ketones is 1. The Morgan fingerprint density at radius 1 is 1.07 bits per heavy atom. The molecule has 0 spiro atoms. The summed E-state index contributed by atoms with van der Waals surface area (Å²) in [5.41, 5.74) is 0.946. The van der Waals surface area contributed by atoms with Crippen molar-refractivity contribution in [2.75, 3.05) is 26.9 Å². The van der Waals surface area contributed by atoms with Crippen LogP contribution in [0.5, 0.6) is 11.6 Å². The largest absolute Gasteiger partial charge is 0.497 e. The topological polar surface area (TPSA) is 129 Å². The normalized spacial score (nSPS) is 32.2. The number of benzene rings is 1. The number of carbonyl (C=O) groups is 3. The van der Waals surface area contributed by atoms with Gasteiger partial charge in [-0.05, 0) is 70.4 Å². The highest BCUT2D eigenvalue weighted by Gasteiger charge is 2.53. The second-order valence-electron chi connectivity index (χ2n) is 14.0. The zero-order valence-corrected chi connectivity index (χ0v) is 27.1. The molecule has 3 aliphatic heterocycles. The molecule has 11 nitrogen and oxygen atoms in total. The first-order valence-corrected chi connectivity index (χ1v) is 16.4. The first-order valence-electron chi connectivity index (χ1n) is 16.4. The summed E-state index contributed by atoms with van der Waals surface area (Å²) in [7, 11) is 1.61. The van der Waals surface area contributed by atoms with Crippen LogP contribution in [-0.4, -0.2) is 83.3 Å². The van der Waals surface area contributed by atoms with Crippen molar-refractivity contribution >= 4 is 28.8 Å². The van der Waals surface area contributed by atoms with Gasteiger partial charge in [0.1, 0.15) is 29.2 Å². The second kappa shape index (κ2) is 12.4. The van der Waals surface area contributed by atoms with Crippen molar-refractivity contribution in [2.45, 2.75) is 103 Å². The average Bonchev–Trinajstić information content (AvgIpc) is 3.51. The zero-order chi connectivity index (χ0) is 31.9. The molecule has 244 valence electrons. The first kappa shape index (κ1) is 31.5. The molecule has 6 rings (SSSR count). The van der Waals surface area contributed by atoms with Crippen LogP contribution in [0, 0.1) is 17.3 Å². The molecule has 4 aliphatic rings. The van der Waals surface area contributed by atoms with E-state index < -0.39 is 35.3 Å². The van der Waals surface area contributed by atoms with E-state index in [9.17, 15) is 14.4 Å². The Kier molecular flexibility index (Phi) is 8.67. The molecule has 2 bridgehead atoms. The summed E-state index contributed by atoms with van der Waals surface area (Å²) < 4.78 is 23.7. The number of ether oxygens (including phenoxy) is 4. The quantitative estimate of drug-likeness (QED) is 0.521. The van der Waals surface area contributed by atoms with Crippen molar-refractivity contribution in [1.29, 1.82) is 0 Å². The van der Waals surface area contributed by atoms with Crippen molar-refractivity contribution in [2.24, 2.45) is 17.3 Å². The van der Waals surface area contributed by atoms with E-state index in [1.807, 2.05) is 39.0 Å². The molecule has 0 radical (unpaired) electrons. The number of rotatable bonds is 3. The summed E-state index contributed by atoms with van der Waals surface area (Å²) in [4.78, 5) is 52.4. The minimum Gasteiger partial charge on any atom is -0.497 e. The van der Waals surface area contributed by atoms with Gasteiger partial charge in [-0.1, -0.05) is 26.7 Å². The van der Waals surface area contributed by atoms with Gasteiger partial charge in [-0.15, -0.1) is 0 Å². The van der Waals surface area contributed by atoms with Crippen LogP contribution in [0.25, 0.3) is 11.0 Å². The average molecular weight is 623 g/mol. The van der Waals surface area contributed by atoms with Gasteiger partial charge in [0.2, 0.25) is 11.8 Å². The summed E-state index contributed by atoms with van der Waals surface area (Å²) in [5.74, 6) is 0.547. The number of fused-ring (bicyclic) bond motifs is 5. The van der Waals surface area contributed by atoms with Crippen molar-refractivity contribution in [3.63, 3.8) is 0 Å². The molecular formula is C34H46N4O7. The van der Waals surface area contributed by atoms with Crippen molar-refractivity contribution in [3.05, 3.63) is 23.9 Å². The van der Waals surface area contributed by atoms with E-state index in [1.165, 1.54) is 6.92 Å². The van der Waals surface area contributed by atoms with E-state index >= 15 is 0 Å². The summed E-state index contributed by atoms with van der Waals surface area (Å²) in [6.07, 6.45) is 6.23. The number of nitrogens with zero attached hydrogens (tertiary/aromatic N) is 3. The van der Waals surface area contributed by atoms with Crippen LogP contribution in [0.4, 0.5) is 4.79 Å². The fourth-order valence-electron chi connectivity index (χ4n) is 7.81.